The van der Waals surface area contributed by atoms with Gasteiger partial charge < -0.3 is 14.6 Å². The Hall–Kier alpha value is -1.88. The average molecular weight is 287 g/mol. The Morgan fingerprint density at radius 3 is 3.00 bits per heavy atom. The standard InChI is InChI=1S/C16H21N3O2/c20-16(13-6-10-21-11-7-13)17-8-3-9-19-12-18-14-4-1-2-5-15(14)19/h1-2,4-5,12-13H,3,6-11H2,(H,17,20). The summed E-state index contributed by atoms with van der Waals surface area (Å²) in [5, 5.41) is 3.03. The predicted octanol–water partition coefficient (Wildman–Crippen LogP) is 1.97. The van der Waals surface area contributed by atoms with Crippen LogP contribution in [-0.4, -0.2) is 35.2 Å². The van der Waals surface area contributed by atoms with Gasteiger partial charge in [-0.2, -0.15) is 0 Å². The van der Waals surface area contributed by atoms with Crippen molar-refractivity contribution in [3.8, 4) is 0 Å². The largest absolute Gasteiger partial charge is 0.381 e. The van der Waals surface area contributed by atoms with Crippen LogP contribution < -0.4 is 5.32 Å². The first kappa shape index (κ1) is 14.1. The average Bonchev–Trinajstić information content (AvgIpc) is 2.95. The number of fused-ring (bicyclic) bond motifs is 1. The number of amides is 1. The molecular formula is C16H21N3O2. The molecule has 0 spiro atoms. The van der Waals surface area contributed by atoms with Gasteiger partial charge in [-0.05, 0) is 31.4 Å². The number of para-hydroxylation sites is 2. The van der Waals surface area contributed by atoms with E-state index in [1.54, 1.807) is 0 Å². The van der Waals surface area contributed by atoms with Gasteiger partial charge in [0, 0.05) is 32.2 Å². The molecule has 1 saturated heterocycles. The maximum Gasteiger partial charge on any atom is 0.223 e. The molecule has 5 heteroatoms. The highest BCUT2D eigenvalue weighted by Crippen LogP contribution is 2.14. The first-order valence-electron chi connectivity index (χ1n) is 7.60. The fraction of sp³-hybridized carbons (Fsp3) is 0.500. The van der Waals surface area contributed by atoms with E-state index < -0.39 is 0 Å². The third-order valence-electron chi connectivity index (χ3n) is 3.99. The maximum atomic E-state index is 12.0. The van der Waals surface area contributed by atoms with Crippen molar-refractivity contribution in [3.05, 3.63) is 30.6 Å². The highest BCUT2D eigenvalue weighted by Gasteiger charge is 2.20. The monoisotopic (exact) mass is 287 g/mol. The molecule has 1 amide bonds. The number of nitrogens with zero attached hydrogens (tertiary/aromatic N) is 2. The lowest BCUT2D eigenvalue weighted by atomic mass is 9.99. The van der Waals surface area contributed by atoms with Crippen LogP contribution in [0.1, 0.15) is 19.3 Å². The number of imidazole rings is 1. The van der Waals surface area contributed by atoms with Crippen molar-refractivity contribution in [1.82, 2.24) is 14.9 Å². The summed E-state index contributed by atoms with van der Waals surface area (Å²) in [6.45, 7) is 3.00. The lowest BCUT2D eigenvalue weighted by Gasteiger charge is -2.21. The van der Waals surface area contributed by atoms with Crippen LogP contribution in [0.3, 0.4) is 0 Å². The number of carbonyl (C=O) groups excluding carboxylic acids is 1. The van der Waals surface area contributed by atoms with Crippen LogP contribution in [0.15, 0.2) is 30.6 Å². The number of rotatable bonds is 5. The van der Waals surface area contributed by atoms with Crippen molar-refractivity contribution in [1.29, 1.82) is 0 Å². The van der Waals surface area contributed by atoms with Gasteiger partial charge in [0.2, 0.25) is 5.91 Å². The molecular weight excluding hydrogens is 266 g/mol. The number of aryl methyl sites for hydroxylation is 1. The summed E-state index contributed by atoms with van der Waals surface area (Å²) in [5.41, 5.74) is 2.16. The number of nitrogens with one attached hydrogen (secondary N) is 1. The Bertz CT molecular complexity index is 602. The Morgan fingerprint density at radius 1 is 1.33 bits per heavy atom. The van der Waals surface area contributed by atoms with Crippen LogP contribution in [0.2, 0.25) is 0 Å². The van der Waals surface area contributed by atoms with Crippen molar-refractivity contribution >= 4 is 16.9 Å². The van der Waals surface area contributed by atoms with E-state index >= 15 is 0 Å². The van der Waals surface area contributed by atoms with Gasteiger partial charge in [-0.15, -0.1) is 0 Å². The van der Waals surface area contributed by atoms with Gasteiger partial charge in [0.1, 0.15) is 0 Å². The summed E-state index contributed by atoms with van der Waals surface area (Å²) in [5.74, 6) is 0.307. The normalized spacial score (nSPS) is 16.2. The van der Waals surface area contributed by atoms with Crippen molar-refractivity contribution in [3.63, 3.8) is 0 Å². The van der Waals surface area contributed by atoms with Crippen LogP contribution in [0.5, 0.6) is 0 Å². The first-order chi connectivity index (χ1) is 10.3. The second-order valence-corrected chi connectivity index (χ2v) is 5.46. The van der Waals surface area contributed by atoms with Crippen molar-refractivity contribution < 1.29 is 9.53 Å². The maximum absolute atomic E-state index is 12.0. The minimum absolute atomic E-state index is 0.132. The molecule has 0 aliphatic carbocycles. The molecule has 0 unspecified atom stereocenters. The van der Waals surface area contributed by atoms with E-state index in [1.165, 1.54) is 0 Å². The third-order valence-corrected chi connectivity index (χ3v) is 3.99. The topological polar surface area (TPSA) is 56.2 Å². The second-order valence-electron chi connectivity index (χ2n) is 5.46. The summed E-state index contributed by atoms with van der Waals surface area (Å²) in [7, 11) is 0. The fourth-order valence-corrected chi connectivity index (χ4v) is 2.75. The van der Waals surface area contributed by atoms with Gasteiger partial charge in [0.15, 0.2) is 0 Å². The zero-order valence-corrected chi connectivity index (χ0v) is 12.1. The second kappa shape index (κ2) is 6.72. The van der Waals surface area contributed by atoms with Crippen molar-refractivity contribution in [2.75, 3.05) is 19.8 Å². The Morgan fingerprint density at radius 2 is 2.14 bits per heavy atom. The van der Waals surface area contributed by atoms with E-state index in [0.29, 0.717) is 19.8 Å². The number of benzene rings is 1. The molecule has 0 saturated carbocycles. The zero-order valence-electron chi connectivity index (χ0n) is 12.1. The van der Waals surface area contributed by atoms with Gasteiger partial charge in [-0.3, -0.25) is 4.79 Å². The Labute approximate surface area is 124 Å². The minimum Gasteiger partial charge on any atom is -0.381 e. The van der Waals surface area contributed by atoms with E-state index in [1.807, 2.05) is 24.5 Å². The Kier molecular flexibility index (Phi) is 4.50. The Balaban J connectivity index is 1.44. The molecule has 0 atom stereocenters. The predicted molar refractivity (Wildman–Crippen MR) is 80.9 cm³/mol. The van der Waals surface area contributed by atoms with E-state index in [2.05, 4.69) is 20.9 Å². The van der Waals surface area contributed by atoms with Crippen LogP contribution in [0, 0.1) is 5.92 Å². The molecule has 1 aliphatic heterocycles. The van der Waals surface area contributed by atoms with Gasteiger partial charge in [0.25, 0.3) is 0 Å². The van der Waals surface area contributed by atoms with Gasteiger partial charge in [-0.25, -0.2) is 4.98 Å². The summed E-state index contributed by atoms with van der Waals surface area (Å²) >= 11 is 0. The molecule has 1 aliphatic rings. The number of hydrogen-bond acceptors (Lipinski definition) is 3. The van der Waals surface area contributed by atoms with E-state index in [0.717, 1.165) is 36.8 Å². The summed E-state index contributed by atoms with van der Waals surface area (Å²) in [4.78, 5) is 16.4. The van der Waals surface area contributed by atoms with Crippen LogP contribution in [0.4, 0.5) is 0 Å². The molecule has 5 nitrogen and oxygen atoms in total. The van der Waals surface area contributed by atoms with Crippen molar-refractivity contribution in [2.45, 2.75) is 25.8 Å². The molecule has 0 radical (unpaired) electrons. The minimum atomic E-state index is 0.132. The van der Waals surface area contributed by atoms with Gasteiger partial charge >= 0.3 is 0 Å². The molecule has 2 aromatic rings. The fourth-order valence-electron chi connectivity index (χ4n) is 2.75. The van der Waals surface area contributed by atoms with Crippen LogP contribution in [-0.2, 0) is 16.1 Å². The van der Waals surface area contributed by atoms with Gasteiger partial charge in [0.05, 0.1) is 17.4 Å². The zero-order chi connectivity index (χ0) is 14.5. The van der Waals surface area contributed by atoms with E-state index in [4.69, 9.17) is 4.74 Å². The van der Waals surface area contributed by atoms with Crippen LogP contribution in [0.25, 0.3) is 11.0 Å². The summed E-state index contributed by atoms with van der Waals surface area (Å²) in [6, 6.07) is 8.10. The van der Waals surface area contributed by atoms with E-state index in [9.17, 15) is 4.79 Å². The molecule has 2 heterocycles. The number of aromatic nitrogens is 2. The summed E-state index contributed by atoms with van der Waals surface area (Å²) < 4.78 is 7.41. The lowest BCUT2D eigenvalue weighted by Crippen LogP contribution is -2.35. The number of ether oxygens (including phenoxy) is 1. The SMILES string of the molecule is O=C(NCCCn1cnc2ccccc21)C1CCOCC1. The molecule has 3 rings (SSSR count). The highest BCUT2D eigenvalue weighted by molar-refractivity contribution is 5.78. The van der Waals surface area contributed by atoms with E-state index in [-0.39, 0.29) is 11.8 Å². The van der Waals surface area contributed by atoms with Gasteiger partial charge in [-0.1, -0.05) is 12.1 Å². The molecule has 21 heavy (non-hydrogen) atoms. The number of hydrogen-bond donors (Lipinski definition) is 1. The summed E-state index contributed by atoms with van der Waals surface area (Å²) in [6.07, 6.45) is 4.47. The third kappa shape index (κ3) is 3.42. The molecule has 112 valence electrons. The molecule has 1 aromatic heterocycles. The molecule has 0 bridgehead atoms. The van der Waals surface area contributed by atoms with Crippen LogP contribution >= 0.6 is 0 Å². The number of carbonyl (C=O) groups is 1. The molecule has 1 fully saturated rings. The molecule has 1 N–H and O–H groups in total. The molecule has 1 aromatic carbocycles. The quantitative estimate of drug-likeness (QED) is 0.855. The lowest BCUT2D eigenvalue weighted by molar-refractivity contribution is -0.127. The first-order valence-corrected chi connectivity index (χ1v) is 7.60. The highest BCUT2D eigenvalue weighted by atomic mass is 16.5. The smallest absolute Gasteiger partial charge is 0.223 e. The van der Waals surface area contributed by atoms with Crippen molar-refractivity contribution in [2.24, 2.45) is 5.92 Å².